The van der Waals surface area contributed by atoms with Crippen molar-refractivity contribution in [1.82, 2.24) is 15.0 Å². The Bertz CT molecular complexity index is 761. The van der Waals surface area contributed by atoms with E-state index in [-0.39, 0.29) is 0 Å². The highest BCUT2D eigenvalue weighted by Crippen LogP contribution is 2.31. The largest absolute Gasteiger partial charge is 0.404 e. The molecule has 94 valence electrons. The van der Waals surface area contributed by atoms with Crippen LogP contribution in [0.3, 0.4) is 0 Å². The average molecular weight is 268 g/mol. The predicted molar refractivity (Wildman–Crippen MR) is 78.6 cm³/mol. The molecule has 0 amide bonds. The van der Waals surface area contributed by atoms with Gasteiger partial charge in [-0.15, -0.1) is 11.3 Å². The van der Waals surface area contributed by atoms with Gasteiger partial charge in [-0.3, -0.25) is 0 Å². The van der Waals surface area contributed by atoms with Crippen LogP contribution < -0.4 is 5.73 Å². The molecule has 0 bridgehead atoms. The van der Waals surface area contributed by atoms with E-state index in [1.54, 1.807) is 23.6 Å². The first-order chi connectivity index (χ1) is 9.29. The van der Waals surface area contributed by atoms with Crippen LogP contribution in [-0.4, -0.2) is 15.0 Å². The molecule has 0 fully saturated rings. The van der Waals surface area contributed by atoms with Gasteiger partial charge in [-0.05, 0) is 30.8 Å². The summed E-state index contributed by atoms with van der Waals surface area (Å²) < 4.78 is 1.15. The number of hydrogen-bond acceptors (Lipinski definition) is 5. The van der Waals surface area contributed by atoms with Crippen molar-refractivity contribution in [1.29, 1.82) is 0 Å². The molecular formula is C14H12N4S. The third-order valence-corrected chi connectivity index (χ3v) is 3.74. The fourth-order valence-electron chi connectivity index (χ4n) is 1.97. The van der Waals surface area contributed by atoms with Crippen LogP contribution in [0, 0.1) is 6.92 Å². The van der Waals surface area contributed by atoms with E-state index in [9.17, 15) is 0 Å². The van der Waals surface area contributed by atoms with E-state index in [0.29, 0.717) is 5.82 Å². The van der Waals surface area contributed by atoms with E-state index in [1.165, 1.54) is 11.8 Å². The molecule has 3 rings (SSSR count). The lowest BCUT2D eigenvalue weighted by Gasteiger charge is -2.04. The highest BCUT2D eigenvalue weighted by Gasteiger charge is 2.09. The Kier molecular flexibility index (Phi) is 2.97. The fraction of sp³-hybridized carbons (Fsp3) is 0.0714. The van der Waals surface area contributed by atoms with Gasteiger partial charge >= 0.3 is 0 Å². The molecule has 0 saturated heterocycles. The molecule has 2 N–H and O–H groups in total. The Morgan fingerprint density at radius 1 is 1.21 bits per heavy atom. The van der Waals surface area contributed by atoms with E-state index in [1.807, 2.05) is 11.6 Å². The van der Waals surface area contributed by atoms with Gasteiger partial charge in [-0.25, -0.2) is 15.0 Å². The van der Waals surface area contributed by atoms with Crippen LogP contribution in [0.25, 0.3) is 27.6 Å². The highest BCUT2D eigenvalue weighted by molar-refractivity contribution is 7.17. The second kappa shape index (κ2) is 4.78. The summed E-state index contributed by atoms with van der Waals surface area (Å²) in [5.74, 6) is 0.609. The maximum atomic E-state index is 5.37. The Hall–Kier alpha value is -2.27. The molecule has 2 heterocycles. The van der Waals surface area contributed by atoms with E-state index in [4.69, 9.17) is 5.73 Å². The van der Waals surface area contributed by atoms with Crippen molar-refractivity contribution < 1.29 is 0 Å². The number of aromatic nitrogens is 3. The van der Waals surface area contributed by atoms with Crippen LogP contribution in [0.4, 0.5) is 0 Å². The first-order valence-electron chi connectivity index (χ1n) is 5.84. The molecule has 5 heteroatoms. The first kappa shape index (κ1) is 11.8. The van der Waals surface area contributed by atoms with Crippen LogP contribution in [0.5, 0.6) is 0 Å². The number of fused-ring (bicyclic) bond motifs is 1. The second-order valence-electron chi connectivity index (χ2n) is 4.12. The molecule has 0 saturated carbocycles. The van der Waals surface area contributed by atoms with Crippen molar-refractivity contribution in [3.8, 4) is 11.3 Å². The van der Waals surface area contributed by atoms with Crippen molar-refractivity contribution >= 4 is 27.6 Å². The topological polar surface area (TPSA) is 64.7 Å². The molecule has 2 aromatic heterocycles. The zero-order valence-electron chi connectivity index (χ0n) is 10.4. The molecule has 1 aromatic carbocycles. The summed E-state index contributed by atoms with van der Waals surface area (Å²) in [5.41, 5.74) is 11.4. The number of aryl methyl sites for hydroxylation is 1. The fourth-order valence-corrected chi connectivity index (χ4v) is 2.86. The third-order valence-electron chi connectivity index (χ3n) is 2.88. The summed E-state index contributed by atoms with van der Waals surface area (Å²) >= 11 is 1.63. The molecule has 0 atom stereocenters. The van der Waals surface area contributed by atoms with Gasteiger partial charge in [0.2, 0.25) is 0 Å². The first-order valence-corrected chi connectivity index (χ1v) is 6.72. The monoisotopic (exact) mass is 268 g/mol. The van der Waals surface area contributed by atoms with Crippen molar-refractivity contribution in [2.45, 2.75) is 6.92 Å². The summed E-state index contributed by atoms with van der Waals surface area (Å²) in [6.45, 7) is 2.06. The Labute approximate surface area is 114 Å². The summed E-state index contributed by atoms with van der Waals surface area (Å²) in [6, 6.07) is 6.05. The van der Waals surface area contributed by atoms with Crippen LogP contribution in [0.15, 0.2) is 36.1 Å². The maximum absolute atomic E-state index is 5.37. The van der Waals surface area contributed by atoms with E-state index in [0.717, 1.165) is 21.5 Å². The molecule has 0 unspecified atom stereocenters. The number of nitrogens with zero attached hydrogens (tertiary/aromatic N) is 3. The molecular weight excluding hydrogens is 256 g/mol. The van der Waals surface area contributed by atoms with Crippen molar-refractivity contribution in [2.75, 3.05) is 0 Å². The molecule has 0 radical (unpaired) electrons. The minimum absolute atomic E-state index is 0.609. The molecule has 0 aliphatic heterocycles. The lowest BCUT2D eigenvalue weighted by Crippen LogP contribution is -1.92. The average Bonchev–Trinajstić information content (AvgIpc) is 2.90. The second-order valence-corrected chi connectivity index (χ2v) is 4.97. The number of hydrogen-bond donors (Lipinski definition) is 1. The quantitative estimate of drug-likeness (QED) is 0.776. The summed E-state index contributed by atoms with van der Waals surface area (Å²) in [4.78, 5) is 13.0. The normalized spacial score (nSPS) is 11.4. The molecule has 0 aliphatic rings. The number of benzene rings is 1. The third kappa shape index (κ3) is 2.08. The molecule has 0 aliphatic carbocycles. The number of nitrogens with two attached hydrogens (primary N) is 1. The number of rotatable bonds is 2. The Morgan fingerprint density at radius 3 is 2.95 bits per heavy atom. The van der Waals surface area contributed by atoms with Gasteiger partial charge < -0.3 is 5.73 Å². The van der Waals surface area contributed by atoms with E-state index in [2.05, 4.69) is 34.0 Å². The lowest BCUT2D eigenvalue weighted by atomic mass is 10.1. The number of thiazole rings is 1. The van der Waals surface area contributed by atoms with Gasteiger partial charge in [0.05, 0.1) is 21.4 Å². The van der Waals surface area contributed by atoms with Gasteiger partial charge in [0.15, 0.2) is 5.82 Å². The van der Waals surface area contributed by atoms with E-state index >= 15 is 0 Å². The SMILES string of the molecule is Cc1ccc(-c2ccnc(C=CN)n2)c2scnc12. The van der Waals surface area contributed by atoms with Gasteiger partial charge in [-0.1, -0.05) is 12.1 Å². The zero-order chi connectivity index (χ0) is 13.2. The Balaban J connectivity index is 2.22. The molecule has 4 nitrogen and oxygen atoms in total. The molecule has 0 spiro atoms. The predicted octanol–water partition coefficient (Wildman–Crippen LogP) is 2.99. The van der Waals surface area contributed by atoms with Crippen molar-refractivity contribution in [3.05, 3.63) is 47.5 Å². The van der Waals surface area contributed by atoms with Crippen molar-refractivity contribution in [3.63, 3.8) is 0 Å². The molecule has 19 heavy (non-hydrogen) atoms. The standard InChI is InChI=1S/C14H12N4S/c1-9-2-3-10(14-13(9)17-8-19-14)11-5-7-16-12(18-11)4-6-15/h2-8H,15H2,1H3. The summed E-state index contributed by atoms with van der Waals surface area (Å²) in [5, 5.41) is 0. The zero-order valence-corrected chi connectivity index (χ0v) is 11.2. The van der Waals surface area contributed by atoms with Crippen LogP contribution >= 0.6 is 11.3 Å². The van der Waals surface area contributed by atoms with Gasteiger partial charge in [0.25, 0.3) is 0 Å². The minimum atomic E-state index is 0.609. The van der Waals surface area contributed by atoms with Crippen LogP contribution in [0.2, 0.25) is 0 Å². The van der Waals surface area contributed by atoms with Gasteiger partial charge in [-0.2, -0.15) is 0 Å². The van der Waals surface area contributed by atoms with Crippen LogP contribution in [-0.2, 0) is 0 Å². The van der Waals surface area contributed by atoms with Crippen molar-refractivity contribution in [2.24, 2.45) is 5.73 Å². The summed E-state index contributed by atoms with van der Waals surface area (Å²) in [6.07, 6.45) is 4.86. The van der Waals surface area contributed by atoms with Gasteiger partial charge in [0, 0.05) is 11.8 Å². The minimum Gasteiger partial charge on any atom is -0.404 e. The van der Waals surface area contributed by atoms with Crippen LogP contribution in [0.1, 0.15) is 11.4 Å². The lowest BCUT2D eigenvalue weighted by molar-refractivity contribution is 1.14. The van der Waals surface area contributed by atoms with Gasteiger partial charge in [0.1, 0.15) is 0 Å². The summed E-state index contributed by atoms with van der Waals surface area (Å²) in [7, 11) is 0. The smallest absolute Gasteiger partial charge is 0.153 e. The highest BCUT2D eigenvalue weighted by atomic mass is 32.1. The Morgan fingerprint density at radius 2 is 2.11 bits per heavy atom. The molecule has 3 aromatic rings. The van der Waals surface area contributed by atoms with E-state index < -0.39 is 0 Å². The maximum Gasteiger partial charge on any atom is 0.153 e.